The Balaban J connectivity index is 1.49. The Bertz CT molecular complexity index is 1080. The van der Waals surface area contributed by atoms with E-state index in [1.165, 1.54) is 23.1 Å². The number of hydrogen-bond acceptors (Lipinski definition) is 5. The number of nitrogens with zero attached hydrogens (tertiary/aromatic N) is 3. The van der Waals surface area contributed by atoms with Crippen molar-refractivity contribution in [2.75, 3.05) is 11.4 Å². The van der Waals surface area contributed by atoms with Gasteiger partial charge in [-0.25, -0.2) is 8.78 Å². The molecule has 1 saturated heterocycles. The van der Waals surface area contributed by atoms with Crippen LogP contribution in [-0.4, -0.2) is 29.0 Å². The summed E-state index contributed by atoms with van der Waals surface area (Å²) >= 11 is 0. The third kappa shape index (κ3) is 4.09. The first-order valence-electron chi connectivity index (χ1n) is 8.65. The molecule has 1 aliphatic heterocycles. The Morgan fingerprint density at radius 3 is 2.47 bits per heavy atom. The number of aromatic nitrogens is 2. The van der Waals surface area contributed by atoms with Gasteiger partial charge < -0.3 is 14.2 Å². The maximum absolute atomic E-state index is 13.5. The maximum Gasteiger partial charge on any atom is 0.573 e. The lowest BCUT2D eigenvalue weighted by Gasteiger charge is -2.16. The van der Waals surface area contributed by atoms with Gasteiger partial charge in [0.2, 0.25) is 17.6 Å². The monoisotopic (exact) mass is 425 g/mol. The van der Waals surface area contributed by atoms with Gasteiger partial charge in [-0.3, -0.25) is 4.79 Å². The van der Waals surface area contributed by atoms with E-state index in [4.69, 9.17) is 4.52 Å². The van der Waals surface area contributed by atoms with Crippen molar-refractivity contribution in [3.63, 3.8) is 0 Å². The van der Waals surface area contributed by atoms with Crippen LogP contribution in [0.4, 0.5) is 27.6 Å². The Morgan fingerprint density at radius 1 is 1.07 bits per heavy atom. The van der Waals surface area contributed by atoms with Gasteiger partial charge in [0, 0.05) is 30.3 Å². The molecule has 0 saturated carbocycles. The molecule has 6 nitrogen and oxygen atoms in total. The lowest BCUT2D eigenvalue weighted by molar-refractivity contribution is -0.274. The number of carbonyl (C=O) groups excluding carboxylic acids is 1. The van der Waals surface area contributed by atoms with Gasteiger partial charge in [0.05, 0.1) is 5.92 Å². The molecule has 0 N–H and O–H groups in total. The quantitative estimate of drug-likeness (QED) is 0.579. The van der Waals surface area contributed by atoms with Crippen molar-refractivity contribution in [1.82, 2.24) is 10.1 Å². The van der Waals surface area contributed by atoms with Gasteiger partial charge in [-0.15, -0.1) is 13.2 Å². The SMILES string of the molecule is O=C1CC(c2nc(-c3ccc(OC(F)(F)F)cc3)no2)CN1c1ccc(F)c(F)c1. The number of ether oxygens (including phenoxy) is 1. The van der Waals surface area contributed by atoms with Gasteiger partial charge in [-0.2, -0.15) is 4.98 Å². The Labute approximate surface area is 165 Å². The number of amides is 1. The second-order valence-corrected chi connectivity index (χ2v) is 6.53. The van der Waals surface area contributed by atoms with E-state index in [0.717, 1.165) is 24.3 Å². The summed E-state index contributed by atoms with van der Waals surface area (Å²) in [6.45, 7) is 0.129. The highest BCUT2D eigenvalue weighted by atomic mass is 19.4. The van der Waals surface area contributed by atoms with Crippen molar-refractivity contribution >= 4 is 11.6 Å². The first-order chi connectivity index (χ1) is 14.2. The minimum Gasteiger partial charge on any atom is -0.406 e. The van der Waals surface area contributed by atoms with E-state index < -0.39 is 29.7 Å². The highest BCUT2D eigenvalue weighted by molar-refractivity contribution is 5.96. The van der Waals surface area contributed by atoms with Crippen LogP contribution in [0.5, 0.6) is 5.75 Å². The summed E-state index contributed by atoms with van der Waals surface area (Å²) in [4.78, 5) is 17.8. The van der Waals surface area contributed by atoms with E-state index >= 15 is 0 Å². The predicted molar refractivity (Wildman–Crippen MR) is 92.5 cm³/mol. The molecule has 0 bridgehead atoms. The fourth-order valence-corrected chi connectivity index (χ4v) is 3.10. The third-order valence-electron chi connectivity index (χ3n) is 4.48. The van der Waals surface area contributed by atoms with Gasteiger partial charge in [0.25, 0.3) is 0 Å². The molecular weight excluding hydrogens is 413 g/mol. The molecule has 1 atom stereocenters. The fraction of sp³-hybridized carbons (Fsp3) is 0.211. The summed E-state index contributed by atoms with van der Waals surface area (Å²) in [5.74, 6) is -2.99. The molecule has 2 heterocycles. The number of carbonyl (C=O) groups is 1. The van der Waals surface area contributed by atoms with Crippen molar-refractivity contribution in [1.29, 1.82) is 0 Å². The molecule has 156 valence electrons. The summed E-state index contributed by atoms with van der Waals surface area (Å²) < 4.78 is 72.3. The highest BCUT2D eigenvalue weighted by Gasteiger charge is 2.35. The average molecular weight is 425 g/mol. The second-order valence-electron chi connectivity index (χ2n) is 6.53. The lowest BCUT2D eigenvalue weighted by atomic mass is 10.1. The van der Waals surface area contributed by atoms with Crippen LogP contribution in [0.2, 0.25) is 0 Å². The maximum atomic E-state index is 13.5. The van der Waals surface area contributed by atoms with Gasteiger partial charge in [0.15, 0.2) is 11.6 Å². The minimum atomic E-state index is -4.80. The average Bonchev–Trinajstić information content (AvgIpc) is 3.30. The molecule has 3 aromatic rings. The second kappa shape index (κ2) is 7.39. The number of halogens is 5. The highest BCUT2D eigenvalue weighted by Crippen LogP contribution is 2.33. The van der Waals surface area contributed by atoms with Crippen LogP contribution >= 0.6 is 0 Å². The predicted octanol–water partition coefficient (Wildman–Crippen LogP) is 4.43. The van der Waals surface area contributed by atoms with Gasteiger partial charge in [-0.1, -0.05) is 5.16 Å². The zero-order valence-electron chi connectivity index (χ0n) is 15.0. The molecule has 2 aromatic carbocycles. The Hall–Kier alpha value is -3.50. The Kier molecular flexibility index (Phi) is 4.88. The number of alkyl halides is 3. The number of benzene rings is 2. The van der Waals surface area contributed by atoms with Crippen molar-refractivity contribution in [3.05, 3.63) is 60.0 Å². The van der Waals surface area contributed by atoms with Crippen LogP contribution in [-0.2, 0) is 4.79 Å². The molecule has 4 rings (SSSR count). The molecular formula is C19H12F5N3O3. The van der Waals surface area contributed by atoms with Gasteiger partial charge in [0.1, 0.15) is 5.75 Å². The number of anilines is 1. The zero-order valence-corrected chi connectivity index (χ0v) is 15.0. The van der Waals surface area contributed by atoms with Gasteiger partial charge >= 0.3 is 6.36 Å². The third-order valence-corrected chi connectivity index (χ3v) is 4.48. The first kappa shape index (κ1) is 19.8. The summed E-state index contributed by atoms with van der Waals surface area (Å²) in [5, 5.41) is 3.80. The van der Waals surface area contributed by atoms with E-state index in [-0.39, 0.29) is 36.3 Å². The van der Waals surface area contributed by atoms with Crippen LogP contribution in [0.25, 0.3) is 11.4 Å². The molecule has 0 radical (unpaired) electrons. The van der Waals surface area contributed by atoms with E-state index in [9.17, 15) is 26.7 Å². The van der Waals surface area contributed by atoms with Crippen molar-refractivity contribution in [2.45, 2.75) is 18.7 Å². The van der Waals surface area contributed by atoms with E-state index in [1.807, 2.05) is 0 Å². The minimum absolute atomic E-state index is 0.0268. The van der Waals surface area contributed by atoms with Crippen LogP contribution in [0.15, 0.2) is 47.0 Å². The molecule has 1 fully saturated rings. The number of rotatable bonds is 4. The van der Waals surface area contributed by atoms with Gasteiger partial charge in [-0.05, 0) is 36.4 Å². The summed E-state index contributed by atoms with van der Waals surface area (Å²) in [6, 6.07) is 8.06. The summed E-state index contributed by atoms with van der Waals surface area (Å²) in [6.07, 6.45) is -4.77. The molecule has 1 amide bonds. The lowest BCUT2D eigenvalue weighted by Crippen LogP contribution is -2.24. The van der Waals surface area contributed by atoms with E-state index in [1.54, 1.807) is 0 Å². The summed E-state index contributed by atoms with van der Waals surface area (Å²) in [7, 11) is 0. The van der Waals surface area contributed by atoms with Crippen LogP contribution in [0.1, 0.15) is 18.2 Å². The molecule has 1 unspecified atom stereocenters. The standard InChI is InChI=1S/C19H12F5N3O3/c20-14-6-3-12(8-15(14)21)27-9-11(7-16(27)28)18-25-17(26-30-18)10-1-4-13(5-2-10)29-19(22,23)24/h1-6,8,11H,7,9H2. The smallest absolute Gasteiger partial charge is 0.406 e. The molecule has 1 aliphatic rings. The fourth-order valence-electron chi connectivity index (χ4n) is 3.10. The zero-order chi connectivity index (χ0) is 21.5. The molecule has 11 heteroatoms. The van der Waals surface area contributed by atoms with Crippen molar-refractivity contribution in [3.8, 4) is 17.1 Å². The summed E-state index contributed by atoms with van der Waals surface area (Å²) in [5.41, 5.74) is 0.600. The topological polar surface area (TPSA) is 68.5 Å². The number of hydrogen-bond donors (Lipinski definition) is 0. The molecule has 0 aliphatic carbocycles. The molecule has 0 spiro atoms. The van der Waals surface area contributed by atoms with Crippen LogP contribution < -0.4 is 9.64 Å². The normalized spacial score (nSPS) is 16.9. The Morgan fingerprint density at radius 2 is 1.80 bits per heavy atom. The molecule has 1 aromatic heterocycles. The molecule has 30 heavy (non-hydrogen) atoms. The van der Waals surface area contributed by atoms with Crippen LogP contribution in [0.3, 0.4) is 0 Å². The van der Waals surface area contributed by atoms with E-state index in [0.29, 0.717) is 5.56 Å². The van der Waals surface area contributed by atoms with Crippen molar-refractivity contribution < 1.29 is 36.0 Å². The van der Waals surface area contributed by atoms with Crippen LogP contribution in [0, 0.1) is 11.6 Å². The first-order valence-corrected chi connectivity index (χ1v) is 8.65. The van der Waals surface area contributed by atoms with Crippen molar-refractivity contribution in [2.24, 2.45) is 0 Å². The van der Waals surface area contributed by atoms with E-state index in [2.05, 4.69) is 14.9 Å². The largest absolute Gasteiger partial charge is 0.573 e.